The van der Waals surface area contributed by atoms with Crippen molar-refractivity contribution >= 4 is 39.1 Å². The summed E-state index contributed by atoms with van der Waals surface area (Å²) in [5.74, 6) is 0.765. The number of aromatic amines is 1. The lowest BCUT2D eigenvalue weighted by Gasteiger charge is -2.06. The molecule has 0 spiro atoms. The lowest BCUT2D eigenvalue weighted by atomic mass is 10.6. The number of H-pyrrole nitrogens is 1. The Kier molecular flexibility index (Phi) is 3.48. The SMILES string of the molecule is CCNC(=S)Nc1[nH]ncc1Br. The summed E-state index contributed by atoms with van der Waals surface area (Å²) in [7, 11) is 0. The van der Waals surface area contributed by atoms with E-state index >= 15 is 0 Å². The average Bonchev–Trinajstić information content (AvgIpc) is 2.37. The summed E-state index contributed by atoms with van der Waals surface area (Å²) >= 11 is 8.27. The lowest BCUT2D eigenvalue weighted by molar-refractivity contribution is 0.976. The van der Waals surface area contributed by atoms with Gasteiger partial charge in [0, 0.05) is 6.54 Å². The first kappa shape index (κ1) is 9.47. The predicted molar refractivity (Wildman–Crippen MR) is 56.2 cm³/mol. The Bertz CT molecular complexity index is 272. The van der Waals surface area contributed by atoms with Crippen LogP contribution in [0.3, 0.4) is 0 Å². The molecule has 0 aliphatic carbocycles. The zero-order valence-corrected chi connectivity index (χ0v) is 8.92. The highest BCUT2D eigenvalue weighted by Gasteiger charge is 2.01. The summed E-state index contributed by atoms with van der Waals surface area (Å²) in [5, 5.41) is 13.1. The van der Waals surface area contributed by atoms with Crippen LogP contribution in [-0.2, 0) is 0 Å². The number of hydrogen-bond acceptors (Lipinski definition) is 2. The van der Waals surface area contributed by atoms with Crippen LogP contribution in [0.4, 0.5) is 5.82 Å². The lowest BCUT2D eigenvalue weighted by Crippen LogP contribution is -2.28. The average molecular weight is 249 g/mol. The van der Waals surface area contributed by atoms with Crippen LogP contribution in [-0.4, -0.2) is 21.9 Å². The van der Waals surface area contributed by atoms with Crippen LogP contribution in [0, 0.1) is 0 Å². The van der Waals surface area contributed by atoms with Crippen molar-refractivity contribution in [2.75, 3.05) is 11.9 Å². The van der Waals surface area contributed by atoms with E-state index in [1.54, 1.807) is 6.20 Å². The largest absolute Gasteiger partial charge is 0.363 e. The zero-order chi connectivity index (χ0) is 8.97. The van der Waals surface area contributed by atoms with Crippen LogP contribution in [0.5, 0.6) is 0 Å². The fourth-order valence-corrected chi connectivity index (χ4v) is 1.21. The first-order chi connectivity index (χ1) is 5.74. The number of halogens is 1. The summed E-state index contributed by atoms with van der Waals surface area (Å²) in [5.41, 5.74) is 0. The second kappa shape index (κ2) is 4.42. The predicted octanol–water partition coefficient (Wildman–Crippen LogP) is 1.48. The number of rotatable bonds is 2. The molecule has 0 saturated heterocycles. The third kappa shape index (κ3) is 2.46. The van der Waals surface area contributed by atoms with Crippen LogP contribution in [0.15, 0.2) is 10.7 Å². The molecule has 0 aliphatic heterocycles. The molecule has 0 aromatic carbocycles. The molecule has 3 N–H and O–H groups in total. The Morgan fingerprint density at radius 3 is 3.08 bits per heavy atom. The van der Waals surface area contributed by atoms with Gasteiger partial charge in [-0.15, -0.1) is 0 Å². The monoisotopic (exact) mass is 248 g/mol. The van der Waals surface area contributed by atoms with Crippen molar-refractivity contribution in [1.82, 2.24) is 15.5 Å². The van der Waals surface area contributed by atoms with Gasteiger partial charge in [0.2, 0.25) is 0 Å². The van der Waals surface area contributed by atoms with Crippen molar-refractivity contribution in [2.45, 2.75) is 6.92 Å². The number of nitrogens with one attached hydrogen (secondary N) is 3. The first-order valence-corrected chi connectivity index (χ1v) is 4.68. The summed E-state index contributed by atoms with van der Waals surface area (Å²) in [6.07, 6.45) is 1.66. The second-order valence-corrected chi connectivity index (χ2v) is 3.34. The Balaban J connectivity index is 2.52. The van der Waals surface area contributed by atoms with E-state index in [0.717, 1.165) is 16.8 Å². The van der Waals surface area contributed by atoms with E-state index in [9.17, 15) is 0 Å². The van der Waals surface area contributed by atoms with Crippen molar-refractivity contribution in [3.63, 3.8) is 0 Å². The van der Waals surface area contributed by atoms with Gasteiger partial charge >= 0.3 is 0 Å². The molecule has 6 heteroatoms. The minimum atomic E-state index is 0.586. The standard InChI is InChI=1S/C6H9BrN4S/c1-2-8-6(12)10-5-4(7)3-9-11-5/h3H,2H2,1H3,(H3,8,9,10,11,12). The van der Waals surface area contributed by atoms with Gasteiger partial charge in [0.05, 0.1) is 10.7 Å². The topological polar surface area (TPSA) is 52.7 Å². The molecule has 0 fully saturated rings. The smallest absolute Gasteiger partial charge is 0.171 e. The van der Waals surface area contributed by atoms with Crippen LogP contribution in [0.1, 0.15) is 6.92 Å². The maximum absolute atomic E-state index is 4.97. The highest BCUT2D eigenvalue weighted by atomic mass is 79.9. The van der Waals surface area contributed by atoms with Crippen molar-refractivity contribution in [3.05, 3.63) is 10.7 Å². The first-order valence-electron chi connectivity index (χ1n) is 3.47. The van der Waals surface area contributed by atoms with E-state index in [1.165, 1.54) is 0 Å². The minimum absolute atomic E-state index is 0.586. The molecule has 66 valence electrons. The maximum atomic E-state index is 4.97. The molecule has 0 amide bonds. The Hall–Kier alpha value is -0.620. The Morgan fingerprint density at radius 2 is 2.58 bits per heavy atom. The molecule has 1 heterocycles. The molecule has 0 bridgehead atoms. The van der Waals surface area contributed by atoms with Gasteiger partial charge in [-0.05, 0) is 35.1 Å². The molecule has 1 aromatic heterocycles. The molecule has 1 aromatic rings. The molecular weight excluding hydrogens is 240 g/mol. The van der Waals surface area contributed by atoms with E-state index in [4.69, 9.17) is 12.2 Å². The van der Waals surface area contributed by atoms with Crippen LogP contribution < -0.4 is 10.6 Å². The number of aromatic nitrogens is 2. The second-order valence-electron chi connectivity index (χ2n) is 2.08. The number of anilines is 1. The van der Waals surface area contributed by atoms with Gasteiger partial charge in [0.1, 0.15) is 5.82 Å². The number of hydrogen-bond donors (Lipinski definition) is 3. The number of thiocarbonyl (C=S) groups is 1. The summed E-state index contributed by atoms with van der Waals surface area (Å²) in [4.78, 5) is 0. The Labute approximate surface area is 84.2 Å². The van der Waals surface area contributed by atoms with E-state index in [-0.39, 0.29) is 0 Å². The van der Waals surface area contributed by atoms with Gasteiger partial charge in [0.25, 0.3) is 0 Å². The summed E-state index contributed by atoms with van der Waals surface area (Å²) in [6, 6.07) is 0. The van der Waals surface area contributed by atoms with E-state index < -0.39 is 0 Å². The molecule has 0 aliphatic rings. The van der Waals surface area contributed by atoms with E-state index in [2.05, 4.69) is 36.8 Å². The highest BCUT2D eigenvalue weighted by Crippen LogP contribution is 2.17. The Morgan fingerprint density at radius 1 is 1.83 bits per heavy atom. The van der Waals surface area contributed by atoms with Crippen LogP contribution in [0.25, 0.3) is 0 Å². The molecular formula is C6H9BrN4S. The highest BCUT2D eigenvalue weighted by molar-refractivity contribution is 9.10. The van der Waals surface area contributed by atoms with Crippen molar-refractivity contribution in [1.29, 1.82) is 0 Å². The third-order valence-corrected chi connectivity index (χ3v) is 2.02. The van der Waals surface area contributed by atoms with E-state index in [1.807, 2.05) is 6.92 Å². The molecule has 12 heavy (non-hydrogen) atoms. The molecule has 0 unspecified atom stereocenters. The fourth-order valence-electron chi connectivity index (χ4n) is 0.677. The molecule has 4 nitrogen and oxygen atoms in total. The van der Waals surface area contributed by atoms with Crippen LogP contribution >= 0.6 is 28.1 Å². The molecule has 0 atom stereocenters. The summed E-state index contributed by atoms with van der Waals surface area (Å²) in [6.45, 7) is 2.79. The molecule has 0 radical (unpaired) electrons. The normalized spacial score (nSPS) is 9.50. The third-order valence-electron chi connectivity index (χ3n) is 1.17. The van der Waals surface area contributed by atoms with Crippen molar-refractivity contribution in [2.24, 2.45) is 0 Å². The van der Waals surface area contributed by atoms with Crippen molar-refractivity contribution in [3.8, 4) is 0 Å². The fraction of sp³-hybridized carbons (Fsp3) is 0.333. The van der Waals surface area contributed by atoms with Crippen LogP contribution in [0.2, 0.25) is 0 Å². The minimum Gasteiger partial charge on any atom is -0.363 e. The van der Waals surface area contributed by atoms with Gasteiger partial charge in [-0.2, -0.15) is 5.10 Å². The maximum Gasteiger partial charge on any atom is 0.171 e. The number of nitrogens with zero attached hydrogens (tertiary/aromatic N) is 1. The zero-order valence-electron chi connectivity index (χ0n) is 6.52. The summed E-state index contributed by atoms with van der Waals surface area (Å²) < 4.78 is 0.864. The van der Waals surface area contributed by atoms with Gasteiger partial charge in [-0.3, -0.25) is 5.10 Å². The van der Waals surface area contributed by atoms with Gasteiger partial charge < -0.3 is 10.6 Å². The van der Waals surface area contributed by atoms with Gasteiger partial charge in [-0.25, -0.2) is 0 Å². The molecule has 1 rings (SSSR count). The van der Waals surface area contributed by atoms with Crippen molar-refractivity contribution < 1.29 is 0 Å². The van der Waals surface area contributed by atoms with E-state index in [0.29, 0.717) is 5.11 Å². The molecule has 0 saturated carbocycles. The van der Waals surface area contributed by atoms with Gasteiger partial charge in [-0.1, -0.05) is 0 Å². The van der Waals surface area contributed by atoms with Gasteiger partial charge in [0.15, 0.2) is 5.11 Å². The quantitative estimate of drug-likeness (QED) is 0.695.